The van der Waals surface area contributed by atoms with Gasteiger partial charge in [-0.1, -0.05) is 24.3 Å². The third kappa shape index (κ3) is 3.46. The van der Waals surface area contributed by atoms with Crippen molar-refractivity contribution in [1.82, 2.24) is 10.3 Å². The van der Waals surface area contributed by atoms with Crippen molar-refractivity contribution in [1.29, 1.82) is 0 Å². The van der Waals surface area contributed by atoms with Gasteiger partial charge < -0.3 is 15.6 Å². The lowest BCUT2D eigenvalue weighted by molar-refractivity contribution is -0.120. The maximum atomic E-state index is 11.7. The molecule has 0 unspecified atom stereocenters. The van der Waals surface area contributed by atoms with E-state index in [0.717, 1.165) is 34.7 Å². The quantitative estimate of drug-likeness (QED) is 0.637. The van der Waals surface area contributed by atoms with Gasteiger partial charge in [0.15, 0.2) is 0 Å². The lowest BCUT2D eigenvalue weighted by Gasteiger charge is -2.12. The molecule has 28 heavy (non-hydrogen) atoms. The van der Waals surface area contributed by atoms with E-state index in [1.54, 1.807) is 6.20 Å². The summed E-state index contributed by atoms with van der Waals surface area (Å²) >= 11 is 0. The van der Waals surface area contributed by atoms with Crippen molar-refractivity contribution < 1.29 is 19.4 Å². The number of nitrogen functional groups attached to an aromatic ring is 1. The van der Waals surface area contributed by atoms with Crippen LogP contribution in [0.1, 0.15) is 29.9 Å². The summed E-state index contributed by atoms with van der Waals surface area (Å²) in [6.45, 7) is 0. The van der Waals surface area contributed by atoms with E-state index in [1.807, 2.05) is 47.8 Å². The molecule has 1 aliphatic rings. The van der Waals surface area contributed by atoms with E-state index in [-0.39, 0.29) is 12.3 Å². The van der Waals surface area contributed by atoms with E-state index < -0.39 is 12.0 Å². The van der Waals surface area contributed by atoms with Crippen LogP contribution in [-0.2, 0) is 11.2 Å². The number of aromatic nitrogens is 1. The highest BCUT2D eigenvalue weighted by Crippen LogP contribution is 2.38. The van der Waals surface area contributed by atoms with Gasteiger partial charge in [0.25, 0.3) is 0 Å². The van der Waals surface area contributed by atoms with Crippen LogP contribution in [0.4, 0.5) is 10.5 Å². The smallest absolute Gasteiger partial charge is 0.411 e. The number of rotatable bonds is 4. The Kier molecular flexibility index (Phi) is 4.57. The number of ether oxygens (including phenoxy) is 1. The molecule has 0 aliphatic heterocycles. The first-order chi connectivity index (χ1) is 13.5. The molecule has 2 aromatic carbocycles. The number of fused-ring (bicyclic) bond motifs is 2. The molecule has 0 saturated heterocycles. The van der Waals surface area contributed by atoms with Gasteiger partial charge in [-0.3, -0.25) is 10.1 Å². The molecule has 0 spiro atoms. The van der Waals surface area contributed by atoms with Crippen LogP contribution in [0.2, 0.25) is 0 Å². The van der Waals surface area contributed by atoms with Gasteiger partial charge in [0.1, 0.15) is 5.75 Å². The molecule has 0 fully saturated rings. The number of pyridine rings is 1. The molecule has 4 rings (SSSR count). The lowest BCUT2D eigenvalue weighted by Crippen LogP contribution is -2.29. The zero-order valence-corrected chi connectivity index (χ0v) is 15.0. The summed E-state index contributed by atoms with van der Waals surface area (Å²) in [4.78, 5) is 26.7. The van der Waals surface area contributed by atoms with Gasteiger partial charge in [0.05, 0.1) is 11.9 Å². The average Bonchev–Trinajstić information content (AvgIpc) is 3.05. The number of imide groups is 1. The molecule has 1 aliphatic carbocycles. The molecular weight excluding hydrogens is 358 g/mol. The summed E-state index contributed by atoms with van der Waals surface area (Å²) in [7, 11) is 0. The predicted octanol–water partition coefficient (Wildman–Crippen LogP) is 3.82. The average molecular weight is 377 g/mol. The fraction of sp³-hybridized carbons (Fsp3) is 0.190. The van der Waals surface area contributed by atoms with Gasteiger partial charge in [-0.2, -0.15) is 0 Å². The van der Waals surface area contributed by atoms with E-state index >= 15 is 0 Å². The Balaban J connectivity index is 1.56. The number of carboxylic acid groups (broad SMARTS) is 1. The van der Waals surface area contributed by atoms with Crippen molar-refractivity contribution in [2.45, 2.75) is 25.2 Å². The fourth-order valence-electron chi connectivity index (χ4n) is 3.73. The second-order valence-corrected chi connectivity index (χ2v) is 6.82. The normalized spacial score (nSPS) is 15.2. The summed E-state index contributed by atoms with van der Waals surface area (Å²) in [6.07, 6.45) is 2.03. The van der Waals surface area contributed by atoms with Gasteiger partial charge in [-0.15, -0.1) is 0 Å². The third-order valence-corrected chi connectivity index (χ3v) is 5.00. The Bertz CT molecular complexity index is 1080. The summed E-state index contributed by atoms with van der Waals surface area (Å²) < 4.78 is 6.02. The van der Waals surface area contributed by atoms with Crippen molar-refractivity contribution in [3.8, 4) is 11.6 Å². The first-order valence-corrected chi connectivity index (χ1v) is 8.98. The molecule has 3 aromatic rings. The van der Waals surface area contributed by atoms with Crippen molar-refractivity contribution in [3.05, 3.63) is 59.8 Å². The SMILES string of the molecule is Nc1cnc(Oc2ccc3c(c2)CC[C@H]3CC(=O)NC(=O)O)c2ccccc12. The van der Waals surface area contributed by atoms with Gasteiger partial charge >= 0.3 is 6.09 Å². The number of amides is 2. The highest BCUT2D eigenvalue weighted by Gasteiger charge is 2.26. The molecule has 0 saturated carbocycles. The summed E-state index contributed by atoms with van der Waals surface area (Å²) in [5, 5.41) is 12.3. The lowest BCUT2D eigenvalue weighted by atomic mass is 9.97. The molecule has 4 N–H and O–H groups in total. The summed E-state index contributed by atoms with van der Waals surface area (Å²) in [6, 6.07) is 13.4. The number of aryl methyl sites for hydroxylation is 1. The van der Waals surface area contributed by atoms with Crippen LogP contribution in [0.5, 0.6) is 11.6 Å². The van der Waals surface area contributed by atoms with Crippen LogP contribution in [0, 0.1) is 0 Å². The standard InChI is InChI=1S/C21H19N3O4/c22-18-11-23-20(17-4-2-1-3-16(17)18)28-14-7-8-15-12(9-14)5-6-13(15)10-19(25)24-21(26)27/h1-4,7-9,11,13H,5-6,10,22H2,(H,24,25)(H,26,27)/t13-/m0/s1. The molecule has 0 radical (unpaired) electrons. The van der Waals surface area contributed by atoms with Crippen molar-refractivity contribution >= 4 is 28.5 Å². The summed E-state index contributed by atoms with van der Waals surface area (Å²) in [5.41, 5.74) is 8.75. The number of carbonyl (C=O) groups is 2. The minimum atomic E-state index is -1.32. The largest absolute Gasteiger partial charge is 0.465 e. The van der Waals surface area contributed by atoms with Crippen LogP contribution >= 0.6 is 0 Å². The minimum absolute atomic E-state index is 0.0129. The molecule has 7 nitrogen and oxygen atoms in total. The van der Waals surface area contributed by atoms with E-state index in [0.29, 0.717) is 17.3 Å². The van der Waals surface area contributed by atoms with Crippen LogP contribution < -0.4 is 15.8 Å². The minimum Gasteiger partial charge on any atom is -0.465 e. The van der Waals surface area contributed by atoms with E-state index in [2.05, 4.69) is 4.98 Å². The first-order valence-electron chi connectivity index (χ1n) is 8.98. The molecule has 1 atom stereocenters. The van der Waals surface area contributed by atoms with E-state index in [4.69, 9.17) is 15.6 Å². The van der Waals surface area contributed by atoms with Gasteiger partial charge in [0.2, 0.25) is 11.8 Å². The Morgan fingerprint density at radius 2 is 2.00 bits per heavy atom. The zero-order chi connectivity index (χ0) is 19.7. The maximum absolute atomic E-state index is 11.7. The highest BCUT2D eigenvalue weighted by atomic mass is 16.5. The van der Waals surface area contributed by atoms with Crippen LogP contribution in [0.15, 0.2) is 48.7 Å². The van der Waals surface area contributed by atoms with Crippen LogP contribution in [0.25, 0.3) is 10.8 Å². The molecule has 0 bridgehead atoms. The summed E-state index contributed by atoms with van der Waals surface area (Å²) in [5.74, 6) is 0.680. The van der Waals surface area contributed by atoms with Crippen molar-refractivity contribution in [2.75, 3.05) is 5.73 Å². The number of anilines is 1. The Morgan fingerprint density at radius 3 is 2.79 bits per heavy atom. The van der Waals surface area contributed by atoms with E-state index in [1.165, 1.54) is 0 Å². The molecule has 7 heteroatoms. The second-order valence-electron chi connectivity index (χ2n) is 6.82. The molecule has 2 amide bonds. The predicted molar refractivity (Wildman–Crippen MR) is 105 cm³/mol. The fourth-order valence-corrected chi connectivity index (χ4v) is 3.73. The van der Waals surface area contributed by atoms with Gasteiger partial charge in [0, 0.05) is 17.2 Å². The van der Waals surface area contributed by atoms with Crippen LogP contribution in [0.3, 0.4) is 0 Å². The number of hydrogen-bond donors (Lipinski definition) is 3. The van der Waals surface area contributed by atoms with Crippen molar-refractivity contribution in [2.24, 2.45) is 0 Å². The number of nitrogens with two attached hydrogens (primary N) is 1. The Labute approximate surface area is 161 Å². The van der Waals surface area contributed by atoms with Crippen LogP contribution in [-0.4, -0.2) is 22.1 Å². The Morgan fingerprint density at radius 1 is 1.21 bits per heavy atom. The number of nitrogens with zero attached hydrogens (tertiary/aromatic N) is 1. The molecule has 1 heterocycles. The monoisotopic (exact) mass is 377 g/mol. The topological polar surface area (TPSA) is 115 Å². The second kappa shape index (κ2) is 7.19. The number of hydrogen-bond acceptors (Lipinski definition) is 5. The van der Waals surface area contributed by atoms with Gasteiger partial charge in [-0.25, -0.2) is 9.78 Å². The Hall–Kier alpha value is -3.61. The number of carbonyl (C=O) groups excluding carboxylic acids is 1. The third-order valence-electron chi connectivity index (χ3n) is 5.00. The highest BCUT2D eigenvalue weighted by molar-refractivity contribution is 5.95. The zero-order valence-electron chi connectivity index (χ0n) is 15.0. The molecule has 142 valence electrons. The molecular formula is C21H19N3O4. The molecule has 1 aromatic heterocycles. The maximum Gasteiger partial charge on any atom is 0.411 e. The van der Waals surface area contributed by atoms with Crippen molar-refractivity contribution in [3.63, 3.8) is 0 Å². The first kappa shape index (κ1) is 17.8. The number of benzene rings is 2. The van der Waals surface area contributed by atoms with Gasteiger partial charge in [-0.05, 0) is 48.1 Å². The van der Waals surface area contributed by atoms with E-state index in [9.17, 15) is 9.59 Å². The number of nitrogens with one attached hydrogen (secondary N) is 1.